The first-order valence-electron chi connectivity index (χ1n) is 4.48. The van der Waals surface area contributed by atoms with Crippen LogP contribution in [0.4, 0.5) is 5.69 Å². The van der Waals surface area contributed by atoms with E-state index in [4.69, 9.17) is 11.6 Å². The zero-order chi connectivity index (χ0) is 10.8. The summed E-state index contributed by atoms with van der Waals surface area (Å²) in [4.78, 5) is 11.1. The molecule has 5 heteroatoms. The van der Waals surface area contributed by atoms with E-state index in [0.29, 0.717) is 0 Å². The molecule has 1 amide bonds. The summed E-state index contributed by atoms with van der Waals surface area (Å²) in [6, 6.07) is 5.60. The first-order valence-corrected chi connectivity index (χ1v) is 5.02. The van der Waals surface area contributed by atoms with Crippen LogP contribution in [0.5, 0.6) is 0 Å². The number of hydrogen-bond acceptors (Lipinski definition) is 2. The molecule has 78 valence electrons. The molecule has 15 heavy (non-hydrogen) atoms. The van der Waals surface area contributed by atoms with Crippen LogP contribution >= 0.6 is 11.6 Å². The van der Waals surface area contributed by atoms with E-state index in [0.717, 1.165) is 16.6 Å². The van der Waals surface area contributed by atoms with E-state index in [1.165, 1.54) is 0 Å². The maximum atomic E-state index is 11.1. The third-order valence-electron chi connectivity index (χ3n) is 2.15. The highest BCUT2D eigenvalue weighted by atomic mass is 35.5. The number of aryl methyl sites for hydroxylation is 1. The van der Waals surface area contributed by atoms with Gasteiger partial charge in [-0.15, -0.1) is 11.6 Å². The minimum Gasteiger partial charge on any atom is -0.325 e. The molecule has 0 aliphatic carbocycles. The Labute approximate surface area is 91.8 Å². The second-order valence-corrected chi connectivity index (χ2v) is 3.49. The number of alkyl halides is 1. The lowest BCUT2D eigenvalue weighted by Gasteiger charge is -2.03. The quantitative estimate of drug-likeness (QED) is 0.789. The maximum Gasteiger partial charge on any atom is 0.239 e. The minimum atomic E-state index is -0.210. The highest BCUT2D eigenvalue weighted by molar-refractivity contribution is 6.29. The Bertz CT molecular complexity index is 506. The Kier molecular flexibility index (Phi) is 2.60. The van der Waals surface area contributed by atoms with Crippen molar-refractivity contribution in [1.29, 1.82) is 0 Å². The van der Waals surface area contributed by atoms with E-state index < -0.39 is 0 Å². The summed E-state index contributed by atoms with van der Waals surface area (Å²) in [5.74, 6) is -0.248. The minimum absolute atomic E-state index is 0.0383. The van der Waals surface area contributed by atoms with E-state index in [2.05, 4.69) is 10.4 Å². The number of nitrogens with zero attached hydrogens (tertiary/aromatic N) is 2. The van der Waals surface area contributed by atoms with Gasteiger partial charge < -0.3 is 5.32 Å². The lowest BCUT2D eigenvalue weighted by Crippen LogP contribution is -2.12. The fourth-order valence-corrected chi connectivity index (χ4v) is 1.48. The predicted molar refractivity (Wildman–Crippen MR) is 60.1 cm³/mol. The summed E-state index contributed by atoms with van der Waals surface area (Å²) in [6.45, 7) is 0. The molecule has 1 heterocycles. The van der Waals surface area contributed by atoms with Gasteiger partial charge in [0.05, 0.1) is 11.7 Å². The zero-order valence-electron chi connectivity index (χ0n) is 8.20. The fourth-order valence-electron chi connectivity index (χ4n) is 1.42. The van der Waals surface area contributed by atoms with Gasteiger partial charge in [0.15, 0.2) is 0 Å². The monoisotopic (exact) mass is 223 g/mol. The zero-order valence-corrected chi connectivity index (χ0v) is 8.95. The SMILES string of the molecule is Cn1ncc2ccc(NC(=O)CCl)cc21. The van der Waals surface area contributed by atoms with Gasteiger partial charge in [0.2, 0.25) is 5.91 Å². The second-order valence-electron chi connectivity index (χ2n) is 3.22. The maximum absolute atomic E-state index is 11.1. The summed E-state index contributed by atoms with van der Waals surface area (Å²) in [5.41, 5.74) is 1.71. The number of fused-ring (bicyclic) bond motifs is 1. The third kappa shape index (κ3) is 1.94. The van der Waals surface area contributed by atoms with Gasteiger partial charge in [0, 0.05) is 18.1 Å². The Morgan fingerprint density at radius 2 is 2.40 bits per heavy atom. The molecule has 0 spiro atoms. The van der Waals surface area contributed by atoms with Crippen LogP contribution in [0.1, 0.15) is 0 Å². The molecule has 0 saturated heterocycles. The van der Waals surface area contributed by atoms with Crippen LogP contribution < -0.4 is 5.32 Å². The normalized spacial score (nSPS) is 10.5. The third-order valence-corrected chi connectivity index (χ3v) is 2.40. The molecular formula is C10H10ClN3O. The van der Waals surface area contributed by atoms with Crippen LogP contribution in [0, 0.1) is 0 Å². The van der Waals surface area contributed by atoms with Gasteiger partial charge in [-0.2, -0.15) is 5.10 Å². The summed E-state index contributed by atoms with van der Waals surface area (Å²) in [7, 11) is 1.86. The Morgan fingerprint density at radius 1 is 1.60 bits per heavy atom. The van der Waals surface area contributed by atoms with Gasteiger partial charge in [-0.05, 0) is 18.2 Å². The van der Waals surface area contributed by atoms with Crippen molar-refractivity contribution in [2.45, 2.75) is 0 Å². The van der Waals surface area contributed by atoms with Gasteiger partial charge in [-0.25, -0.2) is 0 Å². The molecule has 0 radical (unpaired) electrons. The number of hydrogen-bond donors (Lipinski definition) is 1. The Balaban J connectivity index is 2.37. The number of carbonyl (C=O) groups is 1. The molecule has 2 rings (SSSR count). The molecule has 2 aromatic rings. The van der Waals surface area contributed by atoms with Crippen molar-refractivity contribution < 1.29 is 4.79 Å². The highest BCUT2D eigenvalue weighted by Gasteiger charge is 2.03. The molecule has 0 aliphatic rings. The van der Waals surface area contributed by atoms with Gasteiger partial charge in [-0.1, -0.05) is 0 Å². The van der Waals surface area contributed by atoms with E-state index in [1.807, 2.05) is 25.2 Å². The van der Waals surface area contributed by atoms with Crippen LogP contribution in [-0.2, 0) is 11.8 Å². The highest BCUT2D eigenvalue weighted by Crippen LogP contribution is 2.18. The number of benzene rings is 1. The van der Waals surface area contributed by atoms with E-state index in [-0.39, 0.29) is 11.8 Å². The smallest absolute Gasteiger partial charge is 0.239 e. The Morgan fingerprint density at radius 3 is 3.13 bits per heavy atom. The number of anilines is 1. The van der Waals surface area contributed by atoms with Crippen molar-refractivity contribution in [2.75, 3.05) is 11.2 Å². The van der Waals surface area contributed by atoms with E-state index >= 15 is 0 Å². The van der Waals surface area contributed by atoms with Gasteiger partial charge >= 0.3 is 0 Å². The van der Waals surface area contributed by atoms with Gasteiger partial charge in [0.25, 0.3) is 0 Å². The summed E-state index contributed by atoms with van der Waals surface area (Å²) < 4.78 is 1.76. The number of carbonyl (C=O) groups excluding carboxylic acids is 1. The lowest BCUT2D eigenvalue weighted by atomic mass is 10.2. The standard InChI is InChI=1S/C10H10ClN3O/c1-14-9-4-8(13-10(15)5-11)3-2-7(9)6-12-14/h2-4,6H,5H2,1H3,(H,13,15). The number of aromatic nitrogens is 2. The average molecular weight is 224 g/mol. The van der Waals surface area contributed by atoms with Gasteiger partial charge in [0.1, 0.15) is 5.88 Å². The molecule has 0 saturated carbocycles. The number of halogens is 1. The van der Waals surface area contributed by atoms with Crippen molar-refractivity contribution in [1.82, 2.24) is 9.78 Å². The molecule has 0 atom stereocenters. The molecule has 0 unspecified atom stereocenters. The Hall–Kier alpha value is -1.55. The summed E-state index contributed by atoms with van der Waals surface area (Å²) in [6.07, 6.45) is 1.78. The topological polar surface area (TPSA) is 46.9 Å². The molecule has 0 fully saturated rings. The largest absolute Gasteiger partial charge is 0.325 e. The van der Waals surface area contributed by atoms with E-state index in [9.17, 15) is 4.79 Å². The molecule has 1 N–H and O–H groups in total. The van der Waals surface area contributed by atoms with Crippen molar-refractivity contribution >= 4 is 34.1 Å². The molecule has 0 aliphatic heterocycles. The van der Waals surface area contributed by atoms with E-state index in [1.54, 1.807) is 10.9 Å². The lowest BCUT2D eigenvalue weighted by molar-refractivity contribution is -0.113. The first-order chi connectivity index (χ1) is 7.20. The van der Waals surface area contributed by atoms with Crippen molar-refractivity contribution in [2.24, 2.45) is 7.05 Å². The molecule has 4 nitrogen and oxygen atoms in total. The van der Waals surface area contributed by atoms with Gasteiger partial charge in [-0.3, -0.25) is 9.48 Å². The number of nitrogens with one attached hydrogen (secondary N) is 1. The first kappa shape index (κ1) is 9.98. The molecule has 1 aromatic carbocycles. The number of rotatable bonds is 2. The predicted octanol–water partition coefficient (Wildman–Crippen LogP) is 1.75. The summed E-state index contributed by atoms with van der Waals surface area (Å²) in [5, 5.41) is 7.85. The van der Waals surface area contributed by atoms with Crippen LogP contribution in [0.15, 0.2) is 24.4 Å². The second kappa shape index (κ2) is 3.90. The molecule has 0 bridgehead atoms. The van der Waals surface area contributed by atoms with Crippen LogP contribution in [0.2, 0.25) is 0 Å². The average Bonchev–Trinajstić information content (AvgIpc) is 2.60. The molecule has 1 aromatic heterocycles. The molecular weight excluding hydrogens is 214 g/mol. The van der Waals surface area contributed by atoms with Crippen LogP contribution in [-0.4, -0.2) is 21.6 Å². The number of amides is 1. The van der Waals surface area contributed by atoms with Crippen LogP contribution in [0.25, 0.3) is 10.9 Å². The van der Waals surface area contributed by atoms with Crippen molar-refractivity contribution in [3.05, 3.63) is 24.4 Å². The summed E-state index contributed by atoms with van der Waals surface area (Å²) >= 11 is 5.40. The van der Waals surface area contributed by atoms with Crippen LogP contribution in [0.3, 0.4) is 0 Å². The van der Waals surface area contributed by atoms with Crippen molar-refractivity contribution in [3.63, 3.8) is 0 Å². The van der Waals surface area contributed by atoms with Crippen molar-refractivity contribution in [3.8, 4) is 0 Å². The fraction of sp³-hybridized carbons (Fsp3) is 0.200.